The molecule has 3 aromatic rings. The maximum atomic E-state index is 10.1. The zero-order chi connectivity index (χ0) is 21.1. The molecule has 0 saturated carbocycles. The van der Waals surface area contributed by atoms with Crippen molar-refractivity contribution in [3.8, 4) is 11.1 Å². The summed E-state index contributed by atoms with van der Waals surface area (Å²) < 4.78 is 0. The van der Waals surface area contributed by atoms with Gasteiger partial charge in [0.05, 0.1) is 18.5 Å². The summed E-state index contributed by atoms with van der Waals surface area (Å²) in [4.78, 5) is 11.2. The number of aryl methyl sites for hydroxylation is 1. The van der Waals surface area contributed by atoms with Crippen molar-refractivity contribution >= 4 is 17.4 Å². The summed E-state index contributed by atoms with van der Waals surface area (Å²) in [5, 5.41) is 11.6. The Kier molecular flexibility index (Phi) is 6.40. The summed E-state index contributed by atoms with van der Waals surface area (Å²) in [6.07, 6.45) is 4.79. The van der Waals surface area contributed by atoms with Crippen LogP contribution in [0.1, 0.15) is 43.0 Å². The van der Waals surface area contributed by atoms with Crippen molar-refractivity contribution in [2.75, 3.05) is 18.0 Å². The number of nitrogens with zero attached hydrogens (tertiary/aromatic N) is 3. The highest BCUT2D eigenvalue weighted by atomic mass is 32.2. The first-order valence-corrected chi connectivity index (χ1v) is 11.5. The normalized spacial score (nSPS) is 16.4. The smallest absolute Gasteiger partial charge is 0.115 e. The molecular formula is C25H29N3OS. The highest BCUT2D eigenvalue weighted by Crippen LogP contribution is 2.36. The van der Waals surface area contributed by atoms with Gasteiger partial charge in [-0.3, -0.25) is 4.98 Å². The lowest BCUT2D eigenvalue weighted by Gasteiger charge is -2.23. The van der Waals surface area contributed by atoms with Gasteiger partial charge in [-0.15, -0.1) is 0 Å². The van der Waals surface area contributed by atoms with Crippen molar-refractivity contribution in [1.29, 1.82) is 0 Å². The number of benzene rings is 2. The maximum Gasteiger partial charge on any atom is 0.115 e. The molecule has 4 rings (SSSR count). The van der Waals surface area contributed by atoms with Crippen LogP contribution in [0, 0.1) is 6.92 Å². The molecule has 0 bridgehead atoms. The van der Waals surface area contributed by atoms with Crippen molar-refractivity contribution in [3.05, 3.63) is 71.7 Å². The predicted molar refractivity (Wildman–Crippen MR) is 125 cm³/mol. The van der Waals surface area contributed by atoms with Crippen LogP contribution in [0.25, 0.3) is 11.1 Å². The van der Waals surface area contributed by atoms with Gasteiger partial charge in [0.15, 0.2) is 0 Å². The van der Waals surface area contributed by atoms with Gasteiger partial charge in [0, 0.05) is 35.8 Å². The first kappa shape index (κ1) is 20.9. The van der Waals surface area contributed by atoms with Crippen LogP contribution < -0.4 is 4.90 Å². The third-order valence-electron chi connectivity index (χ3n) is 5.67. The Morgan fingerprint density at radius 3 is 2.70 bits per heavy atom. The number of hydrogen-bond donors (Lipinski definition) is 1. The van der Waals surface area contributed by atoms with E-state index in [1.165, 1.54) is 16.7 Å². The monoisotopic (exact) mass is 419 g/mol. The van der Waals surface area contributed by atoms with E-state index < -0.39 is 0 Å². The van der Waals surface area contributed by atoms with Crippen LogP contribution in [0.15, 0.2) is 59.9 Å². The van der Waals surface area contributed by atoms with Gasteiger partial charge in [0.1, 0.15) is 5.03 Å². The van der Waals surface area contributed by atoms with Gasteiger partial charge in [-0.25, -0.2) is 4.98 Å². The van der Waals surface area contributed by atoms with E-state index in [4.69, 9.17) is 0 Å². The highest BCUT2D eigenvalue weighted by molar-refractivity contribution is 7.99. The van der Waals surface area contributed by atoms with Crippen molar-refractivity contribution in [3.63, 3.8) is 0 Å². The average Bonchev–Trinajstić information content (AvgIpc) is 3.23. The molecule has 1 aliphatic heterocycles. The molecule has 0 spiro atoms. The molecule has 1 N–H and O–H groups in total. The molecule has 1 saturated heterocycles. The van der Waals surface area contributed by atoms with Crippen molar-refractivity contribution in [2.24, 2.45) is 0 Å². The average molecular weight is 420 g/mol. The Morgan fingerprint density at radius 2 is 1.97 bits per heavy atom. The fourth-order valence-electron chi connectivity index (χ4n) is 4.11. The van der Waals surface area contributed by atoms with Gasteiger partial charge in [-0.2, -0.15) is 0 Å². The summed E-state index contributed by atoms with van der Waals surface area (Å²) in [5.41, 5.74) is 6.84. The number of thioether (sulfide) groups is 1. The SMILES string of the molecule is Cc1cnc(S[C@H]2CCN(c3ccc(-c4ccccc4C(C)C)cc3CO)C2)cn1. The van der Waals surface area contributed by atoms with Crippen LogP contribution >= 0.6 is 11.8 Å². The van der Waals surface area contributed by atoms with E-state index in [2.05, 4.69) is 71.2 Å². The molecule has 1 atom stereocenters. The first-order valence-electron chi connectivity index (χ1n) is 10.6. The summed E-state index contributed by atoms with van der Waals surface area (Å²) in [5.74, 6) is 0.458. The zero-order valence-corrected chi connectivity index (χ0v) is 18.7. The van der Waals surface area contributed by atoms with Crippen molar-refractivity contribution in [1.82, 2.24) is 9.97 Å². The van der Waals surface area contributed by atoms with E-state index in [1.807, 2.05) is 19.3 Å². The summed E-state index contributed by atoms with van der Waals surface area (Å²) >= 11 is 1.80. The quantitative estimate of drug-likeness (QED) is 0.577. The second-order valence-electron chi connectivity index (χ2n) is 8.21. The minimum Gasteiger partial charge on any atom is -0.392 e. The van der Waals surface area contributed by atoms with Gasteiger partial charge >= 0.3 is 0 Å². The highest BCUT2D eigenvalue weighted by Gasteiger charge is 2.25. The fourth-order valence-corrected chi connectivity index (χ4v) is 5.15. The van der Waals surface area contributed by atoms with E-state index in [9.17, 15) is 5.11 Å². The summed E-state index contributed by atoms with van der Waals surface area (Å²) in [7, 11) is 0. The number of anilines is 1. The lowest BCUT2D eigenvalue weighted by molar-refractivity contribution is 0.282. The topological polar surface area (TPSA) is 49.2 Å². The van der Waals surface area contributed by atoms with Gasteiger partial charge in [0.25, 0.3) is 0 Å². The lowest BCUT2D eigenvalue weighted by atomic mass is 9.91. The summed E-state index contributed by atoms with van der Waals surface area (Å²) in [6.45, 7) is 8.39. The fraction of sp³-hybridized carbons (Fsp3) is 0.360. The molecule has 1 fully saturated rings. The molecule has 4 nitrogen and oxygen atoms in total. The Labute approximate surface area is 183 Å². The Hall–Kier alpha value is -2.37. The van der Waals surface area contributed by atoms with Crippen LogP contribution in [0.3, 0.4) is 0 Å². The molecule has 5 heteroatoms. The molecule has 2 heterocycles. The molecule has 2 aromatic carbocycles. The zero-order valence-electron chi connectivity index (χ0n) is 17.9. The lowest BCUT2D eigenvalue weighted by Crippen LogP contribution is -2.21. The summed E-state index contributed by atoms with van der Waals surface area (Å²) in [6, 6.07) is 15.1. The predicted octanol–water partition coefficient (Wildman–Crippen LogP) is 5.44. The number of hydrogen-bond acceptors (Lipinski definition) is 5. The van der Waals surface area contributed by atoms with E-state index in [1.54, 1.807) is 11.8 Å². The largest absolute Gasteiger partial charge is 0.392 e. The van der Waals surface area contributed by atoms with E-state index in [0.717, 1.165) is 41.5 Å². The van der Waals surface area contributed by atoms with Crippen molar-refractivity contribution in [2.45, 2.75) is 50.0 Å². The number of rotatable bonds is 6. The van der Waals surface area contributed by atoms with Gasteiger partial charge in [-0.05, 0) is 48.1 Å². The number of aromatic nitrogens is 2. The molecule has 30 heavy (non-hydrogen) atoms. The Bertz CT molecular complexity index is 1000. The Balaban J connectivity index is 1.53. The van der Waals surface area contributed by atoms with Crippen LogP contribution in [-0.4, -0.2) is 33.4 Å². The molecule has 1 aromatic heterocycles. The van der Waals surface area contributed by atoms with E-state index >= 15 is 0 Å². The Morgan fingerprint density at radius 1 is 1.13 bits per heavy atom. The van der Waals surface area contributed by atoms with Gasteiger partial charge in [0.2, 0.25) is 0 Å². The molecule has 0 radical (unpaired) electrons. The molecular weight excluding hydrogens is 390 g/mol. The van der Waals surface area contributed by atoms with Crippen LogP contribution in [0.4, 0.5) is 5.69 Å². The van der Waals surface area contributed by atoms with Crippen molar-refractivity contribution < 1.29 is 5.11 Å². The molecule has 156 valence electrons. The van der Waals surface area contributed by atoms with Crippen LogP contribution in [0.5, 0.6) is 0 Å². The van der Waals surface area contributed by atoms with E-state index in [-0.39, 0.29) is 6.61 Å². The second-order valence-corrected chi connectivity index (χ2v) is 9.53. The molecule has 0 amide bonds. The number of aliphatic hydroxyl groups excluding tert-OH is 1. The second kappa shape index (κ2) is 9.19. The molecule has 0 unspecified atom stereocenters. The maximum absolute atomic E-state index is 10.1. The third kappa shape index (κ3) is 4.52. The standard InChI is InChI=1S/C25H29N3OS/c1-17(2)22-6-4-5-7-23(22)19-8-9-24(20(12-19)16-29)28-11-10-21(15-28)30-25-14-26-18(3)13-27-25/h4-9,12-14,17,21,29H,10-11,15-16H2,1-3H3/t21-/m0/s1. The molecule has 0 aliphatic carbocycles. The minimum atomic E-state index is 0.0464. The number of aliphatic hydroxyl groups is 1. The third-order valence-corrected chi connectivity index (χ3v) is 6.84. The van der Waals surface area contributed by atoms with Gasteiger partial charge in [-0.1, -0.05) is 55.9 Å². The minimum absolute atomic E-state index is 0.0464. The van der Waals surface area contributed by atoms with Gasteiger partial charge < -0.3 is 10.0 Å². The van der Waals surface area contributed by atoms with E-state index in [0.29, 0.717) is 11.2 Å². The van der Waals surface area contributed by atoms with Crippen LogP contribution in [-0.2, 0) is 6.61 Å². The van der Waals surface area contributed by atoms with Crippen LogP contribution in [0.2, 0.25) is 0 Å². The first-order chi connectivity index (χ1) is 14.5. The molecule has 1 aliphatic rings.